The van der Waals surface area contributed by atoms with E-state index in [-0.39, 0.29) is 26.4 Å². The Morgan fingerprint density at radius 2 is 0.667 bits per heavy atom. The average molecular weight is 1410 g/mol. The van der Waals surface area contributed by atoms with Crippen molar-refractivity contribution in [1.29, 1.82) is 0 Å². The summed E-state index contributed by atoms with van der Waals surface area (Å²) in [6.45, 7) is 39.0. The first-order valence-electron chi connectivity index (χ1n) is 35.4. The van der Waals surface area contributed by atoms with Crippen LogP contribution in [0.4, 0.5) is 28.7 Å². The molecule has 9 N–H and O–H groups in total. The highest BCUT2D eigenvalue weighted by atomic mass is 16.5. The van der Waals surface area contributed by atoms with E-state index in [1.165, 1.54) is 38.9 Å². The molecule has 8 heterocycles. The smallest absolute Gasteiger partial charge is 0.213 e. The van der Waals surface area contributed by atoms with E-state index in [1.807, 2.05) is 106 Å². The van der Waals surface area contributed by atoms with Crippen molar-refractivity contribution in [3.63, 3.8) is 0 Å². The molecule has 0 fully saturated rings. The number of nitrogens with one attached hydrogen (secondary N) is 5. The van der Waals surface area contributed by atoms with E-state index < -0.39 is 0 Å². The third-order valence-electron chi connectivity index (χ3n) is 14.7. The van der Waals surface area contributed by atoms with Crippen molar-refractivity contribution in [2.75, 3.05) is 134 Å². The number of nitrogens with zero attached hydrogens (tertiary/aromatic N) is 8. The highest BCUT2D eigenvalue weighted by Crippen LogP contribution is 2.23. The Labute approximate surface area is 611 Å². The van der Waals surface area contributed by atoms with E-state index in [4.69, 9.17) is 44.1 Å². The molecule has 564 valence electrons. The summed E-state index contributed by atoms with van der Waals surface area (Å²) < 4.78 is 25.7. The van der Waals surface area contributed by atoms with Crippen LogP contribution in [0.2, 0.25) is 0 Å². The molecular formula is C80H125N13O9. The Morgan fingerprint density at radius 3 is 1.08 bits per heavy atom. The van der Waals surface area contributed by atoms with Crippen molar-refractivity contribution < 1.29 is 44.1 Å². The molecule has 0 aliphatic rings. The van der Waals surface area contributed by atoms with Gasteiger partial charge in [-0.25, -0.2) is 15.0 Å². The van der Waals surface area contributed by atoms with E-state index in [2.05, 4.69) is 202 Å². The van der Waals surface area contributed by atoms with Gasteiger partial charge in [-0.1, -0.05) is 111 Å². The number of methoxy groups -OCH3 is 2. The van der Waals surface area contributed by atoms with Crippen LogP contribution in [0.25, 0.3) is 0 Å². The lowest BCUT2D eigenvalue weighted by molar-refractivity contribution is 0.146. The zero-order valence-corrected chi connectivity index (χ0v) is 64.9. The quantitative estimate of drug-likeness (QED) is 0.0189. The molecule has 0 aliphatic heterocycles. The molecule has 0 radical (unpaired) electrons. The first-order valence-corrected chi connectivity index (χ1v) is 35.4. The van der Waals surface area contributed by atoms with Crippen molar-refractivity contribution in [2.45, 2.75) is 158 Å². The van der Waals surface area contributed by atoms with Crippen molar-refractivity contribution in [3.05, 3.63) is 192 Å². The fraction of sp³-hybridized carbons (Fsp3) is 0.500. The molecule has 0 spiro atoms. The van der Waals surface area contributed by atoms with Gasteiger partial charge in [-0.15, -0.1) is 0 Å². The average Bonchev–Trinajstić information content (AvgIpc) is 1.17. The third-order valence-corrected chi connectivity index (χ3v) is 14.7. The molecule has 8 rings (SSSR count). The van der Waals surface area contributed by atoms with Gasteiger partial charge in [-0.05, 0) is 153 Å². The third kappa shape index (κ3) is 41.9. The molecule has 22 heteroatoms. The topological polar surface area (TPSA) is 290 Å². The van der Waals surface area contributed by atoms with Gasteiger partial charge in [0.1, 0.15) is 43.0 Å². The van der Waals surface area contributed by atoms with E-state index in [9.17, 15) is 0 Å². The minimum atomic E-state index is 0.0214. The van der Waals surface area contributed by atoms with Crippen molar-refractivity contribution in [1.82, 2.24) is 39.9 Å². The van der Waals surface area contributed by atoms with Crippen LogP contribution in [0.3, 0.4) is 0 Å². The molecule has 0 atom stereocenters. The maximum absolute atomic E-state index is 8.62. The molecule has 0 aromatic carbocycles. The summed E-state index contributed by atoms with van der Waals surface area (Å²) in [6, 6.07) is 22.3. The maximum atomic E-state index is 8.62. The molecule has 0 amide bonds. The minimum Gasteiger partial charge on any atom is -0.490 e. The van der Waals surface area contributed by atoms with E-state index >= 15 is 0 Å². The predicted molar refractivity (Wildman–Crippen MR) is 420 cm³/mol. The Morgan fingerprint density at radius 1 is 0.314 bits per heavy atom. The van der Waals surface area contributed by atoms with Gasteiger partial charge in [0.25, 0.3) is 0 Å². The van der Waals surface area contributed by atoms with Crippen molar-refractivity contribution in [2.24, 2.45) is 0 Å². The highest BCUT2D eigenvalue weighted by molar-refractivity contribution is 5.45. The van der Waals surface area contributed by atoms with Gasteiger partial charge in [-0.3, -0.25) is 24.9 Å². The fourth-order valence-corrected chi connectivity index (χ4v) is 8.26. The first kappa shape index (κ1) is 91.4. The molecule has 0 saturated carbocycles. The Balaban J connectivity index is 0.000000584. The van der Waals surface area contributed by atoms with E-state index in [0.29, 0.717) is 99.3 Å². The Kier molecular flexibility index (Phi) is 50.1. The minimum absolute atomic E-state index is 0.0214. The van der Waals surface area contributed by atoms with Gasteiger partial charge in [0.15, 0.2) is 0 Å². The number of hydrogen-bond donors (Lipinski definition) is 9. The number of hydrogen-bond acceptors (Lipinski definition) is 22. The first-order chi connectivity index (χ1) is 48.9. The summed E-state index contributed by atoms with van der Waals surface area (Å²) >= 11 is 0. The number of ether oxygens (including phenoxy) is 5. The molecule has 102 heavy (non-hydrogen) atoms. The van der Waals surface area contributed by atoms with Gasteiger partial charge in [0, 0.05) is 122 Å². The monoisotopic (exact) mass is 1410 g/mol. The second-order valence-electron chi connectivity index (χ2n) is 25.7. The SMILES string of the molecule is CC(C)c1ccnc(NCCO)c1.CC(C)c1ccnc(OCCO)c1.CC(C)c1cncc(NCCO)c1.CC(C)c1cncc(OCCO)c1.CNc1cc(C(C)C)ccn1.CNc1cncc(C(C)C)c1.COCCNc1cncc(C(C)C)c1.COCCOc1cncc(C(C)C)c1. The Bertz CT molecular complexity index is 3050. The number of pyridine rings is 8. The molecule has 22 nitrogen and oxygen atoms in total. The van der Waals surface area contributed by atoms with Gasteiger partial charge < -0.3 is 70.7 Å². The zero-order chi connectivity index (χ0) is 76.0. The van der Waals surface area contributed by atoms with Crippen LogP contribution < -0.4 is 40.8 Å². The van der Waals surface area contributed by atoms with Gasteiger partial charge >= 0.3 is 0 Å². The maximum Gasteiger partial charge on any atom is 0.213 e. The molecular weight excluding hydrogens is 1290 g/mol. The largest absolute Gasteiger partial charge is 0.490 e. The number of anilines is 5. The summed E-state index contributed by atoms with van der Waals surface area (Å²) in [7, 11) is 7.14. The number of aromatic nitrogens is 8. The fourth-order valence-electron chi connectivity index (χ4n) is 8.26. The summed E-state index contributed by atoms with van der Waals surface area (Å²) in [6.07, 6.45) is 23.5. The Hall–Kier alpha value is -8.64. The van der Waals surface area contributed by atoms with Crippen LogP contribution in [0.15, 0.2) is 147 Å². The van der Waals surface area contributed by atoms with Crippen LogP contribution in [0, 0.1) is 0 Å². The molecule has 0 bridgehead atoms. The number of aliphatic hydroxyl groups excluding tert-OH is 4. The van der Waals surface area contributed by atoms with Gasteiger partial charge in [0.05, 0.1) is 69.1 Å². The summed E-state index contributed by atoms with van der Waals surface area (Å²) in [4.78, 5) is 32.9. The van der Waals surface area contributed by atoms with E-state index in [0.717, 1.165) is 52.3 Å². The lowest BCUT2D eigenvalue weighted by Gasteiger charge is -2.09. The van der Waals surface area contributed by atoms with Gasteiger partial charge in [-0.2, -0.15) is 0 Å². The molecule has 8 aromatic rings. The number of aliphatic hydroxyl groups is 4. The molecule has 0 aliphatic carbocycles. The summed E-state index contributed by atoms with van der Waals surface area (Å²) in [5.41, 5.74) is 13.0. The highest BCUT2D eigenvalue weighted by Gasteiger charge is 2.07. The van der Waals surface area contributed by atoms with Crippen molar-refractivity contribution >= 4 is 28.7 Å². The molecule has 0 unspecified atom stereocenters. The van der Waals surface area contributed by atoms with E-state index in [1.54, 1.807) is 45.2 Å². The second kappa shape index (κ2) is 56.0. The normalized spacial score (nSPS) is 10.4. The summed E-state index contributed by atoms with van der Waals surface area (Å²) in [5, 5.41) is 49.8. The lowest BCUT2D eigenvalue weighted by atomic mass is 10.1. The summed E-state index contributed by atoms with van der Waals surface area (Å²) in [5.74, 6) is 7.94. The van der Waals surface area contributed by atoms with Gasteiger partial charge in [0.2, 0.25) is 5.88 Å². The standard InChI is InChI=1S/C11H18N2O.C11H17NO2.2C10H16N2O.2C10H15NO2.2C9H14N2/c1-9(2)10-6-11(8-12-7-10)13-4-5-14-3;1-9(2)10-6-11(8-12-7-10)14-5-4-13-3;1-8(2)9-5-10(7-11-6-9)12-3-4-13;1-8(2)9-3-4-11-10(7-9)12-5-6-13;1-8(2)9-5-10(7-11-6-9)13-4-3-12;1-8(2)9-3-4-11-10(7-9)13-6-5-12;1-7(2)8-4-9(10-3)6-11-5-8;1-7(2)8-4-5-11-9(6-8)10-3/h6-9,13H,4-5H2,1-3H3;6-9H,4-5H2,1-3H3;5-8,12-13H,3-4H2,1-2H3;3-4,7-8,13H,5-6H2,1-2H3,(H,11,12);5-8,12H,3-4H2,1-2H3;3-4,7-8,12H,5-6H2,1-2H3;4-7,10H,1-3H3;4-7H,1-3H3,(H,10,11). The second-order valence-corrected chi connectivity index (χ2v) is 25.7. The van der Waals surface area contributed by atoms with Crippen LogP contribution >= 0.6 is 0 Å². The lowest BCUT2D eigenvalue weighted by Crippen LogP contribution is -2.08. The van der Waals surface area contributed by atoms with Crippen molar-refractivity contribution in [3.8, 4) is 17.4 Å². The van der Waals surface area contributed by atoms with Crippen LogP contribution in [-0.4, -0.2) is 168 Å². The molecule has 8 aromatic heterocycles. The predicted octanol–water partition coefficient (Wildman–Crippen LogP) is 15.4. The van der Waals surface area contributed by atoms with Crippen LogP contribution in [0.1, 0.15) is 203 Å². The van der Waals surface area contributed by atoms with Crippen LogP contribution in [-0.2, 0) is 9.47 Å². The zero-order valence-electron chi connectivity index (χ0n) is 64.9. The molecule has 0 saturated heterocycles. The number of rotatable bonds is 30. The van der Waals surface area contributed by atoms with Crippen LogP contribution in [0.5, 0.6) is 17.4 Å².